The topological polar surface area (TPSA) is 46.4 Å². The fraction of sp³-hybridized carbons (Fsp3) is 0.294. The van der Waals surface area contributed by atoms with E-state index in [1.807, 2.05) is 28.8 Å². The first-order valence-corrected chi connectivity index (χ1v) is 8.39. The van der Waals surface area contributed by atoms with E-state index in [9.17, 15) is 4.79 Å². The Morgan fingerprint density at radius 1 is 1.32 bits per heavy atom. The second-order valence-electron chi connectivity index (χ2n) is 5.41. The molecule has 0 saturated carbocycles. The lowest BCUT2D eigenvalue weighted by molar-refractivity contribution is 0.102. The van der Waals surface area contributed by atoms with E-state index in [4.69, 9.17) is 0 Å². The van der Waals surface area contributed by atoms with E-state index >= 15 is 0 Å². The number of unbranched alkanes of at least 4 members (excludes halogenated alkanes) is 1. The molecule has 0 saturated heterocycles. The van der Waals surface area contributed by atoms with E-state index in [1.54, 1.807) is 6.20 Å². The van der Waals surface area contributed by atoms with E-state index in [1.165, 1.54) is 29.7 Å². The molecule has 0 bridgehead atoms. The Labute approximate surface area is 133 Å². The Morgan fingerprint density at radius 3 is 2.77 bits per heavy atom. The lowest BCUT2D eigenvalue weighted by Gasteiger charge is -2.05. The smallest absolute Gasteiger partial charge is 0.275 e. The number of aromatic nitrogens is 2. The van der Waals surface area contributed by atoms with Crippen LogP contribution in [-0.2, 0) is 6.42 Å². The maximum atomic E-state index is 12.3. The summed E-state index contributed by atoms with van der Waals surface area (Å²) in [4.78, 5) is 17.5. The molecule has 2 aromatic heterocycles. The lowest BCUT2D eigenvalue weighted by atomic mass is 10.1. The van der Waals surface area contributed by atoms with Gasteiger partial charge in [0.1, 0.15) is 5.69 Å². The number of nitrogens with zero attached hydrogens (tertiary/aromatic N) is 2. The molecule has 22 heavy (non-hydrogen) atoms. The van der Waals surface area contributed by atoms with E-state index in [-0.39, 0.29) is 5.91 Å². The molecule has 1 amide bonds. The number of thiazole rings is 1. The summed E-state index contributed by atoms with van der Waals surface area (Å²) in [5, 5.41) is 4.93. The van der Waals surface area contributed by atoms with Crippen LogP contribution in [0.5, 0.6) is 0 Å². The van der Waals surface area contributed by atoms with Crippen LogP contribution in [0.4, 0.5) is 5.69 Å². The summed E-state index contributed by atoms with van der Waals surface area (Å²) in [5.41, 5.74) is 3.65. The SMILES string of the molecule is CCCCc1ccc(NC(=O)c2cn3c(C)csc3n2)cc1. The average Bonchev–Trinajstić information content (AvgIpc) is 3.09. The van der Waals surface area contributed by atoms with Crippen LogP contribution in [0.2, 0.25) is 0 Å². The van der Waals surface area contributed by atoms with Crippen molar-refractivity contribution in [3.63, 3.8) is 0 Å². The van der Waals surface area contributed by atoms with Crippen LogP contribution in [0, 0.1) is 6.92 Å². The first-order chi connectivity index (χ1) is 10.7. The standard InChI is InChI=1S/C17H19N3OS/c1-3-4-5-13-6-8-14(9-7-13)18-16(21)15-10-20-12(2)11-22-17(20)19-15/h6-11H,3-5H2,1-2H3,(H,18,21). The van der Waals surface area contributed by atoms with Crippen molar-refractivity contribution in [1.82, 2.24) is 9.38 Å². The lowest BCUT2D eigenvalue weighted by Crippen LogP contribution is -2.12. The predicted octanol–water partition coefficient (Wildman–Crippen LogP) is 4.30. The Hall–Kier alpha value is -2.14. The first kappa shape index (κ1) is 14.8. The summed E-state index contributed by atoms with van der Waals surface area (Å²) in [7, 11) is 0. The van der Waals surface area contributed by atoms with Crippen LogP contribution in [-0.4, -0.2) is 15.3 Å². The third kappa shape index (κ3) is 3.04. The van der Waals surface area contributed by atoms with Gasteiger partial charge in [0.05, 0.1) is 0 Å². The number of nitrogens with one attached hydrogen (secondary N) is 1. The zero-order chi connectivity index (χ0) is 15.5. The van der Waals surface area contributed by atoms with Crippen LogP contribution in [0.1, 0.15) is 41.5 Å². The summed E-state index contributed by atoms with van der Waals surface area (Å²) in [6.07, 6.45) is 5.25. The molecule has 5 heteroatoms. The number of carbonyl (C=O) groups excluding carboxylic acids is 1. The minimum atomic E-state index is -0.170. The Balaban J connectivity index is 1.70. The Morgan fingerprint density at radius 2 is 2.09 bits per heavy atom. The van der Waals surface area contributed by atoms with Gasteiger partial charge >= 0.3 is 0 Å². The second-order valence-corrected chi connectivity index (χ2v) is 6.25. The summed E-state index contributed by atoms with van der Waals surface area (Å²) in [6, 6.07) is 8.04. The van der Waals surface area contributed by atoms with Crippen molar-refractivity contribution in [3.8, 4) is 0 Å². The van der Waals surface area contributed by atoms with Crippen LogP contribution in [0.25, 0.3) is 4.96 Å². The fourth-order valence-corrected chi connectivity index (χ4v) is 3.18. The van der Waals surface area contributed by atoms with Crippen LogP contribution in [0.3, 0.4) is 0 Å². The van der Waals surface area contributed by atoms with Gasteiger partial charge in [-0.05, 0) is 37.5 Å². The Bertz CT molecular complexity index is 786. The van der Waals surface area contributed by atoms with Gasteiger partial charge in [0.2, 0.25) is 0 Å². The van der Waals surface area contributed by atoms with Crippen molar-refractivity contribution in [2.45, 2.75) is 33.1 Å². The van der Waals surface area contributed by atoms with Crippen molar-refractivity contribution in [3.05, 3.63) is 52.8 Å². The van der Waals surface area contributed by atoms with Crippen molar-refractivity contribution < 1.29 is 4.79 Å². The summed E-state index contributed by atoms with van der Waals surface area (Å²) in [6.45, 7) is 4.19. The number of amides is 1. The fourth-order valence-electron chi connectivity index (χ4n) is 2.33. The van der Waals surface area contributed by atoms with E-state index in [2.05, 4.69) is 29.4 Å². The van der Waals surface area contributed by atoms with Gasteiger partial charge < -0.3 is 5.32 Å². The van der Waals surface area contributed by atoms with E-state index in [0.29, 0.717) is 5.69 Å². The molecule has 0 aliphatic carbocycles. The molecule has 0 spiro atoms. The number of rotatable bonds is 5. The molecule has 0 aliphatic rings. The minimum absolute atomic E-state index is 0.170. The van der Waals surface area contributed by atoms with Gasteiger partial charge in [0.15, 0.2) is 4.96 Å². The van der Waals surface area contributed by atoms with Gasteiger partial charge in [-0.1, -0.05) is 25.5 Å². The molecule has 3 aromatic rings. The molecule has 1 aromatic carbocycles. The number of fused-ring (bicyclic) bond motifs is 1. The molecule has 0 aliphatic heterocycles. The molecule has 114 valence electrons. The van der Waals surface area contributed by atoms with E-state index < -0.39 is 0 Å². The van der Waals surface area contributed by atoms with Crippen molar-refractivity contribution in [2.24, 2.45) is 0 Å². The van der Waals surface area contributed by atoms with Crippen molar-refractivity contribution >= 4 is 27.9 Å². The van der Waals surface area contributed by atoms with Crippen molar-refractivity contribution in [1.29, 1.82) is 0 Å². The quantitative estimate of drug-likeness (QED) is 0.763. The number of anilines is 1. The molecule has 0 radical (unpaired) electrons. The zero-order valence-corrected chi connectivity index (χ0v) is 13.6. The van der Waals surface area contributed by atoms with Crippen LogP contribution < -0.4 is 5.32 Å². The highest BCUT2D eigenvalue weighted by atomic mass is 32.1. The molecule has 0 fully saturated rings. The Kier molecular flexibility index (Phi) is 4.24. The highest BCUT2D eigenvalue weighted by Crippen LogP contribution is 2.17. The molecular formula is C17H19N3OS. The molecule has 0 atom stereocenters. The second kappa shape index (κ2) is 6.32. The summed E-state index contributed by atoms with van der Waals surface area (Å²) in [5.74, 6) is -0.170. The van der Waals surface area contributed by atoms with Gasteiger partial charge in [-0.3, -0.25) is 9.20 Å². The maximum Gasteiger partial charge on any atom is 0.275 e. The number of hydrogen-bond donors (Lipinski definition) is 1. The number of carbonyl (C=O) groups is 1. The number of benzene rings is 1. The third-order valence-corrected chi connectivity index (χ3v) is 4.61. The monoisotopic (exact) mass is 313 g/mol. The first-order valence-electron chi connectivity index (χ1n) is 7.51. The van der Waals surface area contributed by atoms with E-state index in [0.717, 1.165) is 22.8 Å². The summed E-state index contributed by atoms with van der Waals surface area (Å²) >= 11 is 1.54. The maximum absolute atomic E-state index is 12.3. The normalized spacial score (nSPS) is 11.0. The predicted molar refractivity (Wildman–Crippen MR) is 90.8 cm³/mol. The largest absolute Gasteiger partial charge is 0.321 e. The highest BCUT2D eigenvalue weighted by molar-refractivity contribution is 7.15. The molecule has 0 unspecified atom stereocenters. The number of aryl methyl sites for hydroxylation is 2. The van der Waals surface area contributed by atoms with Crippen LogP contribution >= 0.6 is 11.3 Å². The molecule has 3 rings (SSSR count). The molecule has 1 N–H and O–H groups in total. The van der Waals surface area contributed by atoms with Gasteiger partial charge in [0, 0.05) is 23.0 Å². The summed E-state index contributed by atoms with van der Waals surface area (Å²) < 4.78 is 1.94. The number of imidazole rings is 1. The molecule has 4 nitrogen and oxygen atoms in total. The average molecular weight is 313 g/mol. The highest BCUT2D eigenvalue weighted by Gasteiger charge is 2.12. The third-order valence-electron chi connectivity index (χ3n) is 3.65. The minimum Gasteiger partial charge on any atom is -0.321 e. The van der Waals surface area contributed by atoms with Crippen molar-refractivity contribution in [2.75, 3.05) is 5.32 Å². The molecule has 2 heterocycles. The van der Waals surface area contributed by atoms with Crippen LogP contribution in [0.15, 0.2) is 35.8 Å². The van der Waals surface area contributed by atoms with Gasteiger partial charge in [-0.15, -0.1) is 11.3 Å². The van der Waals surface area contributed by atoms with Gasteiger partial charge in [0.25, 0.3) is 5.91 Å². The van der Waals surface area contributed by atoms with Gasteiger partial charge in [-0.2, -0.15) is 0 Å². The van der Waals surface area contributed by atoms with Gasteiger partial charge in [-0.25, -0.2) is 4.98 Å². The molecular weight excluding hydrogens is 294 g/mol. The zero-order valence-electron chi connectivity index (χ0n) is 12.8. The number of hydrogen-bond acceptors (Lipinski definition) is 3.